The van der Waals surface area contributed by atoms with E-state index in [4.69, 9.17) is 4.74 Å². The van der Waals surface area contributed by atoms with Gasteiger partial charge in [0, 0.05) is 24.7 Å². The van der Waals surface area contributed by atoms with Gasteiger partial charge in [0.05, 0.1) is 5.69 Å². The van der Waals surface area contributed by atoms with Gasteiger partial charge >= 0.3 is 6.09 Å². The summed E-state index contributed by atoms with van der Waals surface area (Å²) in [6, 6.07) is 5.70. The average Bonchev–Trinajstić information content (AvgIpc) is 2.74. The summed E-state index contributed by atoms with van der Waals surface area (Å²) < 4.78 is 32.9. The quantitative estimate of drug-likeness (QED) is 0.701. The molecule has 1 aromatic rings. The Morgan fingerprint density at radius 2 is 1.97 bits per heavy atom. The third kappa shape index (κ3) is 3.49. The molecule has 2 heterocycles. The highest BCUT2D eigenvalue weighted by molar-refractivity contribution is 7.90. The normalized spacial score (nSPS) is 23.3. The Balaban J connectivity index is 1.52. The largest absolute Gasteiger partial charge is 0.444 e. The van der Waals surface area contributed by atoms with Gasteiger partial charge in [-0.15, -0.1) is 4.91 Å². The highest BCUT2D eigenvalue weighted by Gasteiger charge is 2.40. The molecule has 8 nitrogen and oxygen atoms in total. The smallest absolute Gasteiger partial charge is 0.414 e. The Kier molecular flexibility index (Phi) is 5.26. The van der Waals surface area contributed by atoms with Crippen molar-refractivity contribution in [2.24, 2.45) is 5.18 Å². The average molecular weight is 417 g/mol. The van der Waals surface area contributed by atoms with Gasteiger partial charge in [0.1, 0.15) is 17.6 Å². The number of nitroso groups, excluding NO2 is 1. The van der Waals surface area contributed by atoms with Crippen molar-refractivity contribution in [1.82, 2.24) is 4.31 Å². The van der Waals surface area contributed by atoms with Crippen LogP contribution in [0.4, 0.5) is 10.5 Å². The third-order valence-electron chi connectivity index (χ3n) is 5.81. The summed E-state index contributed by atoms with van der Waals surface area (Å²) in [6.07, 6.45) is 5.68. The predicted octanol–water partition coefficient (Wildman–Crippen LogP) is 3.22. The van der Waals surface area contributed by atoms with E-state index >= 15 is 0 Å². The Morgan fingerprint density at radius 3 is 2.69 bits per heavy atom. The van der Waals surface area contributed by atoms with E-state index < -0.39 is 15.3 Å². The van der Waals surface area contributed by atoms with E-state index in [1.165, 1.54) is 10.4 Å². The number of cyclic esters (lactones) is 1. The van der Waals surface area contributed by atoms with Crippen LogP contribution in [-0.4, -0.2) is 43.2 Å². The van der Waals surface area contributed by atoms with Crippen LogP contribution in [0.2, 0.25) is 0 Å². The number of ether oxygens (including phenoxy) is 1. The SMILES string of the molecule is Cc1cccc2c1N(C1CCN(S(=O)(=O)C3CC=CC=C3N=O)CC1)C(=O)OC2. The Labute approximate surface area is 169 Å². The molecule has 9 heteroatoms. The van der Waals surface area contributed by atoms with Gasteiger partial charge in [0.2, 0.25) is 10.0 Å². The van der Waals surface area contributed by atoms with Crippen LogP contribution >= 0.6 is 0 Å². The molecule has 0 radical (unpaired) electrons. The zero-order valence-electron chi connectivity index (χ0n) is 16.2. The minimum atomic E-state index is -3.70. The first-order valence-electron chi connectivity index (χ1n) is 9.67. The van der Waals surface area contributed by atoms with Gasteiger partial charge in [0.15, 0.2) is 0 Å². The molecule has 0 spiro atoms. The van der Waals surface area contributed by atoms with E-state index in [0.29, 0.717) is 12.8 Å². The minimum Gasteiger partial charge on any atom is -0.444 e. The van der Waals surface area contributed by atoms with E-state index in [0.717, 1.165) is 16.8 Å². The van der Waals surface area contributed by atoms with Crippen molar-refractivity contribution in [3.8, 4) is 0 Å². The number of nitrogens with zero attached hydrogens (tertiary/aromatic N) is 3. The second-order valence-electron chi connectivity index (χ2n) is 7.52. The first-order valence-corrected chi connectivity index (χ1v) is 11.2. The molecule has 3 aliphatic rings. The monoisotopic (exact) mass is 417 g/mol. The van der Waals surface area contributed by atoms with Crippen LogP contribution in [0.3, 0.4) is 0 Å². The predicted molar refractivity (Wildman–Crippen MR) is 109 cm³/mol. The molecule has 2 aliphatic heterocycles. The number of para-hydroxylation sites is 1. The second kappa shape index (κ2) is 7.72. The summed E-state index contributed by atoms with van der Waals surface area (Å²) in [5.41, 5.74) is 2.87. The molecule has 1 unspecified atom stereocenters. The summed E-state index contributed by atoms with van der Waals surface area (Å²) in [6.45, 7) is 2.78. The fourth-order valence-electron chi connectivity index (χ4n) is 4.31. The minimum absolute atomic E-state index is 0.0405. The summed E-state index contributed by atoms with van der Waals surface area (Å²) in [4.78, 5) is 25.3. The number of allylic oxidation sites excluding steroid dienone is 3. The topological polar surface area (TPSA) is 96.4 Å². The van der Waals surface area contributed by atoms with Crippen molar-refractivity contribution in [3.63, 3.8) is 0 Å². The van der Waals surface area contributed by atoms with E-state index in [9.17, 15) is 18.1 Å². The lowest BCUT2D eigenvalue weighted by Gasteiger charge is -2.41. The maximum absolute atomic E-state index is 13.1. The number of carbonyl (C=O) groups is 1. The third-order valence-corrected chi connectivity index (χ3v) is 8.04. The number of piperidine rings is 1. The van der Waals surface area contributed by atoms with Crippen molar-refractivity contribution in [2.75, 3.05) is 18.0 Å². The van der Waals surface area contributed by atoms with Crippen molar-refractivity contribution in [1.29, 1.82) is 0 Å². The second-order valence-corrected chi connectivity index (χ2v) is 9.63. The number of aryl methyl sites for hydroxylation is 1. The number of sulfonamides is 1. The van der Waals surface area contributed by atoms with Crippen LogP contribution in [0.25, 0.3) is 0 Å². The maximum atomic E-state index is 13.1. The lowest BCUT2D eigenvalue weighted by atomic mass is 10.00. The zero-order chi connectivity index (χ0) is 20.6. The summed E-state index contributed by atoms with van der Waals surface area (Å²) in [5.74, 6) is 0. The Morgan fingerprint density at radius 1 is 1.21 bits per heavy atom. The van der Waals surface area contributed by atoms with Crippen LogP contribution in [0.15, 0.2) is 47.3 Å². The zero-order valence-corrected chi connectivity index (χ0v) is 17.0. The van der Waals surface area contributed by atoms with Crippen molar-refractivity contribution < 1.29 is 17.9 Å². The van der Waals surface area contributed by atoms with Crippen LogP contribution < -0.4 is 4.90 Å². The number of rotatable bonds is 4. The van der Waals surface area contributed by atoms with Crippen molar-refractivity contribution in [2.45, 2.75) is 44.1 Å². The van der Waals surface area contributed by atoms with Crippen molar-refractivity contribution in [3.05, 3.63) is 58.2 Å². The van der Waals surface area contributed by atoms with E-state index in [1.807, 2.05) is 25.1 Å². The fourth-order valence-corrected chi connectivity index (χ4v) is 6.17. The molecule has 4 rings (SSSR count). The van der Waals surface area contributed by atoms with Crippen LogP contribution in [0.1, 0.15) is 30.4 Å². The number of amides is 1. The number of anilines is 1. The van der Waals surface area contributed by atoms with Crippen LogP contribution in [0, 0.1) is 11.8 Å². The molecule has 1 aliphatic carbocycles. The molecule has 154 valence electrons. The van der Waals surface area contributed by atoms with Gasteiger partial charge in [-0.1, -0.05) is 30.4 Å². The molecule has 0 aromatic heterocycles. The molecule has 1 fully saturated rings. The molecular weight excluding hydrogens is 394 g/mol. The van der Waals surface area contributed by atoms with Crippen molar-refractivity contribution >= 4 is 21.8 Å². The maximum Gasteiger partial charge on any atom is 0.414 e. The molecular formula is C20H23N3O5S. The first kappa shape index (κ1) is 19.8. The van der Waals surface area contributed by atoms with Gasteiger partial charge in [-0.05, 0) is 43.0 Å². The summed E-state index contributed by atoms with van der Waals surface area (Å²) in [7, 11) is -3.70. The standard InChI is InChI=1S/C20H23N3O5S/c1-14-5-4-6-15-13-28-20(24)23(19(14)15)16-9-11-22(12-10-16)29(26,27)18-8-3-2-7-17(18)21-25/h2-7,16,18H,8-13H2,1H3. The fraction of sp³-hybridized carbons (Fsp3) is 0.450. The Bertz CT molecular complexity index is 993. The molecule has 29 heavy (non-hydrogen) atoms. The molecule has 1 atom stereocenters. The van der Waals surface area contributed by atoms with Gasteiger partial charge in [-0.2, -0.15) is 0 Å². The summed E-state index contributed by atoms with van der Waals surface area (Å²) >= 11 is 0. The first-order chi connectivity index (χ1) is 13.9. The number of hydrogen-bond donors (Lipinski definition) is 0. The van der Waals surface area contributed by atoms with Gasteiger partial charge in [-0.25, -0.2) is 17.5 Å². The van der Waals surface area contributed by atoms with Crippen LogP contribution in [-0.2, 0) is 21.4 Å². The van der Waals surface area contributed by atoms with E-state index in [-0.39, 0.29) is 43.9 Å². The summed E-state index contributed by atoms with van der Waals surface area (Å²) in [5, 5.41) is 1.97. The Hall–Kier alpha value is -2.52. The van der Waals surface area contributed by atoms with Gasteiger partial charge in [-0.3, -0.25) is 4.90 Å². The molecule has 0 bridgehead atoms. The highest BCUT2D eigenvalue weighted by atomic mass is 32.2. The number of hydrogen-bond acceptors (Lipinski definition) is 6. The highest BCUT2D eigenvalue weighted by Crippen LogP contribution is 2.35. The molecule has 0 N–H and O–H groups in total. The number of carbonyl (C=O) groups excluding carboxylic acids is 1. The van der Waals surface area contributed by atoms with Crippen LogP contribution in [0.5, 0.6) is 0 Å². The molecule has 1 saturated heterocycles. The van der Waals surface area contributed by atoms with Gasteiger partial charge < -0.3 is 4.74 Å². The lowest BCUT2D eigenvalue weighted by molar-refractivity contribution is 0.135. The lowest BCUT2D eigenvalue weighted by Crippen LogP contribution is -2.52. The number of benzene rings is 1. The molecule has 1 amide bonds. The molecule has 0 saturated carbocycles. The number of fused-ring (bicyclic) bond motifs is 1. The van der Waals surface area contributed by atoms with E-state index in [2.05, 4.69) is 5.18 Å². The molecule has 1 aromatic carbocycles. The van der Waals surface area contributed by atoms with E-state index in [1.54, 1.807) is 17.1 Å². The van der Waals surface area contributed by atoms with Gasteiger partial charge in [0.25, 0.3) is 0 Å².